The average Bonchev–Trinajstić information content (AvgIpc) is 2.26. The van der Waals surface area contributed by atoms with Gasteiger partial charge in [0.15, 0.2) is 0 Å². The molecule has 0 fully saturated rings. The minimum Gasteiger partial charge on any atom is -0.306 e. The minimum atomic E-state index is -0.0595. The number of fused-ring (bicyclic) bond motifs is 1. The number of H-pyrrole nitrogens is 1. The van der Waals surface area contributed by atoms with Crippen LogP contribution in [0.3, 0.4) is 0 Å². The first-order valence-electron chi connectivity index (χ1n) is 5.39. The van der Waals surface area contributed by atoms with Gasteiger partial charge in [0.05, 0.1) is 0 Å². The van der Waals surface area contributed by atoms with E-state index < -0.39 is 0 Å². The van der Waals surface area contributed by atoms with Gasteiger partial charge in [-0.05, 0) is 31.0 Å². The molecule has 0 aliphatic carbocycles. The van der Waals surface area contributed by atoms with Gasteiger partial charge in [0.2, 0.25) is 0 Å². The van der Waals surface area contributed by atoms with E-state index in [0.717, 1.165) is 30.2 Å². The lowest BCUT2D eigenvalue weighted by molar-refractivity contribution is 0.788. The number of aryl methyl sites for hydroxylation is 1. The number of hydrogen-bond acceptors (Lipinski definition) is 2. The molecule has 0 aromatic carbocycles. The zero-order valence-corrected chi connectivity index (χ0v) is 9.84. The van der Waals surface area contributed by atoms with Crippen molar-refractivity contribution in [3.8, 4) is 0 Å². The quantitative estimate of drug-likeness (QED) is 0.833. The van der Waals surface area contributed by atoms with E-state index >= 15 is 0 Å². The molecular weight excluding hydrogens is 224 g/mol. The molecular formula is C12H13ClN2O. The number of hydrogen-bond donors (Lipinski definition) is 1. The maximum absolute atomic E-state index is 11.7. The third-order valence-corrected chi connectivity index (χ3v) is 2.76. The number of nitrogens with one attached hydrogen (secondary N) is 1. The minimum absolute atomic E-state index is 0.0595. The molecule has 1 N–H and O–H groups in total. The summed E-state index contributed by atoms with van der Waals surface area (Å²) in [5.41, 5.74) is 1.31. The summed E-state index contributed by atoms with van der Waals surface area (Å²) < 4.78 is 0. The van der Waals surface area contributed by atoms with E-state index in [1.54, 1.807) is 6.07 Å². The molecule has 0 saturated heterocycles. The van der Waals surface area contributed by atoms with Crippen LogP contribution in [0, 0.1) is 0 Å². The Morgan fingerprint density at radius 1 is 1.44 bits per heavy atom. The zero-order chi connectivity index (χ0) is 11.5. The molecule has 0 atom stereocenters. The number of aromatic nitrogens is 2. The van der Waals surface area contributed by atoms with Crippen LogP contribution in [0.5, 0.6) is 0 Å². The highest BCUT2D eigenvalue weighted by atomic mass is 35.5. The Labute approximate surface area is 98.5 Å². The Balaban J connectivity index is 2.50. The van der Waals surface area contributed by atoms with Crippen LogP contribution >= 0.6 is 11.6 Å². The maximum atomic E-state index is 11.7. The molecule has 2 heterocycles. The summed E-state index contributed by atoms with van der Waals surface area (Å²) in [4.78, 5) is 18.5. The van der Waals surface area contributed by atoms with Gasteiger partial charge in [0.25, 0.3) is 5.56 Å². The molecule has 0 aliphatic heterocycles. The monoisotopic (exact) mass is 236 g/mol. The van der Waals surface area contributed by atoms with E-state index in [-0.39, 0.29) is 5.56 Å². The second-order valence-electron chi connectivity index (χ2n) is 3.80. The van der Waals surface area contributed by atoms with Crippen molar-refractivity contribution in [2.75, 3.05) is 0 Å². The molecule has 2 rings (SSSR count). The lowest BCUT2D eigenvalue weighted by atomic mass is 10.1. The predicted octanol–water partition coefficient (Wildman–Crippen LogP) is 2.92. The van der Waals surface area contributed by atoms with Gasteiger partial charge in [-0.1, -0.05) is 24.9 Å². The van der Waals surface area contributed by atoms with Gasteiger partial charge >= 0.3 is 0 Å². The van der Waals surface area contributed by atoms with Crippen molar-refractivity contribution in [1.29, 1.82) is 0 Å². The fraction of sp³-hybridized carbons (Fsp3) is 0.333. The van der Waals surface area contributed by atoms with Crippen LogP contribution in [-0.4, -0.2) is 9.97 Å². The lowest BCUT2D eigenvalue weighted by Gasteiger charge is -2.02. The number of halogens is 1. The Kier molecular flexibility index (Phi) is 3.25. The Morgan fingerprint density at radius 3 is 3.00 bits per heavy atom. The zero-order valence-electron chi connectivity index (χ0n) is 9.09. The summed E-state index contributed by atoms with van der Waals surface area (Å²) in [5.74, 6) is 0. The largest absolute Gasteiger partial charge is 0.306 e. The lowest BCUT2D eigenvalue weighted by Crippen LogP contribution is -2.12. The molecule has 3 nitrogen and oxygen atoms in total. The van der Waals surface area contributed by atoms with Crippen molar-refractivity contribution in [3.05, 3.63) is 39.3 Å². The van der Waals surface area contributed by atoms with Crippen LogP contribution in [0.1, 0.15) is 25.3 Å². The van der Waals surface area contributed by atoms with Crippen LogP contribution < -0.4 is 5.56 Å². The van der Waals surface area contributed by atoms with Crippen molar-refractivity contribution < 1.29 is 0 Å². The molecule has 0 radical (unpaired) electrons. The second-order valence-corrected chi connectivity index (χ2v) is 4.19. The van der Waals surface area contributed by atoms with Crippen LogP contribution in [0.2, 0.25) is 5.15 Å². The second kappa shape index (κ2) is 4.66. The van der Waals surface area contributed by atoms with E-state index in [4.69, 9.17) is 11.6 Å². The van der Waals surface area contributed by atoms with Crippen molar-refractivity contribution in [3.63, 3.8) is 0 Å². The standard InChI is InChI=1S/C12H13ClN2O/c1-2-3-4-9-7-8-5-6-10(13)14-11(8)15-12(9)16/h5-7H,2-4H2,1H3,(H,14,15,16). The molecule has 0 aliphatic rings. The molecule has 0 spiro atoms. The summed E-state index contributed by atoms with van der Waals surface area (Å²) in [5, 5.41) is 1.32. The number of nitrogens with zero attached hydrogens (tertiary/aromatic N) is 1. The fourth-order valence-electron chi connectivity index (χ4n) is 1.66. The maximum Gasteiger partial charge on any atom is 0.252 e. The van der Waals surface area contributed by atoms with E-state index in [1.165, 1.54) is 0 Å². The molecule has 0 unspecified atom stereocenters. The first-order chi connectivity index (χ1) is 7.70. The van der Waals surface area contributed by atoms with Gasteiger partial charge in [-0.15, -0.1) is 0 Å². The third kappa shape index (κ3) is 2.25. The van der Waals surface area contributed by atoms with Gasteiger partial charge < -0.3 is 4.98 Å². The Bertz CT molecular complexity index is 562. The molecule has 0 bridgehead atoms. The van der Waals surface area contributed by atoms with Crippen LogP contribution in [-0.2, 0) is 6.42 Å². The first-order valence-corrected chi connectivity index (χ1v) is 5.77. The molecule has 2 aromatic rings. The van der Waals surface area contributed by atoms with E-state index in [2.05, 4.69) is 16.9 Å². The number of rotatable bonds is 3. The highest BCUT2D eigenvalue weighted by molar-refractivity contribution is 6.29. The van der Waals surface area contributed by atoms with Crippen molar-refractivity contribution in [2.45, 2.75) is 26.2 Å². The number of pyridine rings is 2. The van der Waals surface area contributed by atoms with Crippen LogP contribution in [0.4, 0.5) is 0 Å². The van der Waals surface area contributed by atoms with Gasteiger partial charge in [-0.3, -0.25) is 4.79 Å². The summed E-state index contributed by atoms with van der Waals surface area (Å²) in [6, 6.07) is 5.50. The Hall–Kier alpha value is -1.35. The molecule has 2 aromatic heterocycles. The normalized spacial score (nSPS) is 10.9. The van der Waals surface area contributed by atoms with Crippen molar-refractivity contribution in [2.24, 2.45) is 0 Å². The number of aromatic amines is 1. The average molecular weight is 237 g/mol. The molecule has 16 heavy (non-hydrogen) atoms. The third-order valence-electron chi connectivity index (χ3n) is 2.55. The van der Waals surface area contributed by atoms with Crippen LogP contribution in [0.25, 0.3) is 11.0 Å². The highest BCUT2D eigenvalue weighted by Crippen LogP contribution is 2.13. The smallest absolute Gasteiger partial charge is 0.252 e. The fourth-order valence-corrected chi connectivity index (χ4v) is 1.80. The predicted molar refractivity (Wildman–Crippen MR) is 66.0 cm³/mol. The van der Waals surface area contributed by atoms with E-state index in [1.807, 2.05) is 12.1 Å². The van der Waals surface area contributed by atoms with Gasteiger partial charge in [0.1, 0.15) is 10.8 Å². The van der Waals surface area contributed by atoms with E-state index in [9.17, 15) is 4.79 Å². The topological polar surface area (TPSA) is 45.8 Å². The van der Waals surface area contributed by atoms with Crippen LogP contribution in [0.15, 0.2) is 23.0 Å². The van der Waals surface area contributed by atoms with Crippen molar-refractivity contribution in [1.82, 2.24) is 9.97 Å². The van der Waals surface area contributed by atoms with E-state index in [0.29, 0.717) is 10.8 Å². The van der Waals surface area contributed by atoms with Crippen molar-refractivity contribution >= 4 is 22.6 Å². The summed E-state index contributed by atoms with van der Waals surface area (Å²) in [6.45, 7) is 2.11. The molecule has 0 amide bonds. The molecule has 0 saturated carbocycles. The molecule has 84 valence electrons. The summed E-state index contributed by atoms with van der Waals surface area (Å²) in [7, 11) is 0. The first kappa shape index (κ1) is 11.1. The SMILES string of the molecule is CCCCc1cc2ccc(Cl)nc2[nH]c1=O. The number of unbranched alkanes of at least 4 members (excludes halogenated alkanes) is 1. The Morgan fingerprint density at radius 2 is 2.25 bits per heavy atom. The summed E-state index contributed by atoms with van der Waals surface area (Å²) in [6.07, 6.45) is 2.91. The highest BCUT2D eigenvalue weighted by Gasteiger charge is 2.03. The summed E-state index contributed by atoms with van der Waals surface area (Å²) >= 11 is 5.76. The molecule has 4 heteroatoms. The van der Waals surface area contributed by atoms with Gasteiger partial charge in [0, 0.05) is 10.9 Å². The van der Waals surface area contributed by atoms with Gasteiger partial charge in [-0.2, -0.15) is 0 Å². The van der Waals surface area contributed by atoms with Gasteiger partial charge in [-0.25, -0.2) is 4.98 Å².